The summed E-state index contributed by atoms with van der Waals surface area (Å²) in [6, 6.07) is 2.09. The molecular formula is C12H17BrN2O2S. The number of hydrogen-bond donors (Lipinski definition) is 2. The van der Waals surface area contributed by atoms with Gasteiger partial charge in [-0.2, -0.15) is 0 Å². The van der Waals surface area contributed by atoms with Crippen molar-refractivity contribution >= 4 is 33.2 Å². The van der Waals surface area contributed by atoms with Crippen LogP contribution in [0.5, 0.6) is 0 Å². The van der Waals surface area contributed by atoms with Gasteiger partial charge in [-0.15, -0.1) is 11.3 Å². The van der Waals surface area contributed by atoms with E-state index in [-0.39, 0.29) is 12.0 Å². The van der Waals surface area contributed by atoms with E-state index in [0.717, 1.165) is 24.0 Å². The van der Waals surface area contributed by atoms with Crippen LogP contribution in [-0.2, 0) is 16.0 Å². The molecule has 2 heterocycles. The van der Waals surface area contributed by atoms with E-state index in [1.165, 1.54) is 4.88 Å². The van der Waals surface area contributed by atoms with Crippen LogP contribution in [-0.4, -0.2) is 38.3 Å². The molecule has 1 aliphatic heterocycles. The van der Waals surface area contributed by atoms with Crippen molar-refractivity contribution in [1.29, 1.82) is 0 Å². The molecule has 1 aromatic rings. The fourth-order valence-electron chi connectivity index (χ4n) is 1.84. The zero-order valence-corrected chi connectivity index (χ0v) is 12.5. The second kappa shape index (κ2) is 7.23. The molecule has 1 aliphatic rings. The summed E-state index contributed by atoms with van der Waals surface area (Å²) in [4.78, 5) is 13.0. The average Bonchev–Trinajstić information content (AvgIpc) is 2.76. The lowest BCUT2D eigenvalue weighted by atomic mass is 10.2. The van der Waals surface area contributed by atoms with Crippen LogP contribution in [0.4, 0.5) is 0 Å². The van der Waals surface area contributed by atoms with Crippen LogP contribution in [0.15, 0.2) is 15.9 Å². The highest BCUT2D eigenvalue weighted by Gasteiger charge is 2.16. The van der Waals surface area contributed by atoms with E-state index in [2.05, 4.69) is 38.0 Å². The number of carbonyl (C=O) groups excluding carboxylic acids is 1. The third kappa shape index (κ3) is 4.68. The Morgan fingerprint density at radius 2 is 2.56 bits per heavy atom. The SMILES string of the molecule is O=C(CC1CNCCO1)NCCc1cc(Br)cs1. The molecule has 6 heteroatoms. The van der Waals surface area contributed by atoms with Gasteiger partial charge < -0.3 is 15.4 Å². The maximum atomic E-state index is 11.7. The molecular weight excluding hydrogens is 316 g/mol. The number of rotatable bonds is 5. The first-order valence-corrected chi connectivity index (χ1v) is 7.73. The van der Waals surface area contributed by atoms with Crippen LogP contribution < -0.4 is 10.6 Å². The minimum Gasteiger partial charge on any atom is -0.375 e. The lowest BCUT2D eigenvalue weighted by Gasteiger charge is -2.22. The van der Waals surface area contributed by atoms with E-state index in [0.29, 0.717) is 19.6 Å². The van der Waals surface area contributed by atoms with Gasteiger partial charge in [-0.1, -0.05) is 0 Å². The minimum atomic E-state index is 0.0228. The zero-order valence-electron chi connectivity index (χ0n) is 10.1. The number of thiophene rings is 1. The molecule has 1 aromatic heterocycles. The van der Waals surface area contributed by atoms with Gasteiger partial charge in [0.1, 0.15) is 0 Å². The van der Waals surface area contributed by atoms with Gasteiger partial charge >= 0.3 is 0 Å². The molecule has 1 unspecified atom stereocenters. The number of halogens is 1. The predicted octanol–water partition coefficient (Wildman–Crippen LogP) is 1.55. The molecule has 0 aliphatic carbocycles. The first-order valence-electron chi connectivity index (χ1n) is 6.06. The summed E-state index contributed by atoms with van der Waals surface area (Å²) in [6.45, 7) is 3.03. The summed E-state index contributed by atoms with van der Waals surface area (Å²) < 4.78 is 6.60. The maximum Gasteiger partial charge on any atom is 0.222 e. The topological polar surface area (TPSA) is 50.4 Å². The first kappa shape index (κ1) is 14.0. The van der Waals surface area contributed by atoms with Gasteiger partial charge in [0.05, 0.1) is 19.1 Å². The van der Waals surface area contributed by atoms with E-state index in [1.54, 1.807) is 11.3 Å². The number of nitrogens with one attached hydrogen (secondary N) is 2. The molecule has 2 N–H and O–H groups in total. The number of ether oxygens (including phenoxy) is 1. The smallest absolute Gasteiger partial charge is 0.222 e. The van der Waals surface area contributed by atoms with Crippen molar-refractivity contribution in [3.8, 4) is 0 Å². The third-order valence-corrected chi connectivity index (χ3v) is 4.49. The lowest BCUT2D eigenvalue weighted by Crippen LogP contribution is -2.41. The summed E-state index contributed by atoms with van der Waals surface area (Å²) in [6.07, 6.45) is 1.35. The predicted molar refractivity (Wildman–Crippen MR) is 76.0 cm³/mol. The van der Waals surface area contributed by atoms with Gasteiger partial charge in [0.2, 0.25) is 5.91 Å². The Kier molecular flexibility index (Phi) is 5.62. The van der Waals surface area contributed by atoms with Crippen LogP contribution in [0.25, 0.3) is 0 Å². The molecule has 18 heavy (non-hydrogen) atoms. The van der Waals surface area contributed by atoms with Crippen molar-refractivity contribution in [3.05, 3.63) is 20.8 Å². The monoisotopic (exact) mass is 332 g/mol. The molecule has 2 rings (SSSR count). The van der Waals surface area contributed by atoms with Crippen molar-refractivity contribution in [2.75, 3.05) is 26.2 Å². The largest absolute Gasteiger partial charge is 0.375 e. The molecule has 0 bridgehead atoms. The Hall–Kier alpha value is -0.430. The molecule has 0 aromatic carbocycles. The average molecular weight is 333 g/mol. The van der Waals surface area contributed by atoms with Crippen molar-refractivity contribution in [2.45, 2.75) is 18.9 Å². The fourth-order valence-corrected chi connectivity index (χ4v) is 3.29. The highest BCUT2D eigenvalue weighted by molar-refractivity contribution is 9.10. The van der Waals surface area contributed by atoms with Gasteiger partial charge in [-0.05, 0) is 28.4 Å². The molecule has 1 amide bonds. The van der Waals surface area contributed by atoms with Gasteiger partial charge in [-0.3, -0.25) is 4.79 Å². The van der Waals surface area contributed by atoms with Crippen LogP contribution in [0.2, 0.25) is 0 Å². The fraction of sp³-hybridized carbons (Fsp3) is 0.583. The second-order valence-electron chi connectivity index (χ2n) is 4.23. The zero-order chi connectivity index (χ0) is 12.8. The van der Waals surface area contributed by atoms with Crippen molar-refractivity contribution in [1.82, 2.24) is 10.6 Å². The van der Waals surface area contributed by atoms with Gasteiger partial charge in [0.15, 0.2) is 0 Å². The third-order valence-electron chi connectivity index (χ3n) is 2.73. The van der Waals surface area contributed by atoms with E-state index < -0.39 is 0 Å². The van der Waals surface area contributed by atoms with Gasteiger partial charge in [0.25, 0.3) is 0 Å². The van der Waals surface area contributed by atoms with E-state index in [9.17, 15) is 4.79 Å². The summed E-state index contributed by atoms with van der Waals surface area (Å²) in [7, 11) is 0. The summed E-state index contributed by atoms with van der Waals surface area (Å²) in [5, 5.41) is 8.20. The molecule has 1 atom stereocenters. The number of amides is 1. The van der Waals surface area contributed by atoms with E-state index in [4.69, 9.17) is 4.74 Å². The minimum absolute atomic E-state index is 0.0228. The second-order valence-corrected chi connectivity index (χ2v) is 6.14. The summed E-state index contributed by atoms with van der Waals surface area (Å²) >= 11 is 5.12. The summed E-state index contributed by atoms with van der Waals surface area (Å²) in [5.41, 5.74) is 0. The molecule has 4 nitrogen and oxygen atoms in total. The number of morpholine rings is 1. The van der Waals surface area contributed by atoms with Crippen molar-refractivity contribution in [3.63, 3.8) is 0 Å². The maximum absolute atomic E-state index is 11.7. The number of carbonyl (C=O) groups is 1. The molecule has 100 valence electrons. The molecule has 0 radical (unpaired) electrons. The Balaban J connectivity index is 1.62. The standard InChI is InChI=1S/C12H17BrN2O2S/c13-9-5-11(18-8-9)1-2-15-12(16)6-10-7-14-3-4-17-10/h5,8,10,14H,1-4,6-7H2,(H,15,16). The Bertz CT molecular complexity index is 391. The van der Waals surface area contributed by atoms with Crippen molar-refractivity contribution < 1.29 is 9.53 Å². The van der Waals surface area contributed by atoms with Crippen molar-refractivity contribution in [2.24, 2.45) is 0 Å². The normalized spacial score (nSPS) is 19.7. The Labute approximate surface area is 119 Å². The molecule has 0 spiro atoms. The summed E-state index contributed by atoms with van der Waals surface area (Å²) in [5.74, 6) is 0.0688. The number of hydrogen-bond acceptors (Lipinski definition) is 4. The molecule has 0 saturated carbocycles. The highest BCUT2D eigenvalue weighted by atomic mass is 79.9. The molecule has 1 fully saturated rings. The first-order chi connectivity index (χ1) is 8.74. The lowest BCUT2D eigenvalue weighted by molar-refractivity contribution is -0.124. The van der Waals surface area contributed by atoms with E-state index >= 15 is 0 Å². The quantitative estimate of drug-likeness (QED) is 0.860. The van der Waals surface area contributed by atoms with E-state index in [1.807, 2.05) is 0 Å². The van der Waals surface area contributed by atoms with Crippen LogP contribution >= 0.6 is 27.3 Å². The molecule has 1 saturated heterocycles. The van der Waals surface area contributed by atoms with Crippen LogP contribution in [0, 0.1) is 0 Å². The van der Waals surface area contributed by atoms with Gasteiger partial charge in [0, 0.05) is 34.4 Å². The van der Waals surface area contributed by atoms with Crippen LogP contribution in [0.3, 0.4) is 0 Å². The highest BCUT2D eigenvalue weighted by Crippen LogP contribution is 2.19. The Morgan fingerprint density at radius 3 is 3.22 bits per heavy atom. The Morgan fingerprint density at radius 1 is 1.67 bits per heavy atom. The van der Waals surface area contributed by atoms with Crippen LogP contribution in [0.1, 0.15) is 11.3 Å². The van der Waals surface area contributed by atoms with Gasteiger partial charge in [-0.25, -0.2) is 0 Å².